The molecular formula is C13H20N2O2S. The van der Waals surface area contributed by atoms with Crippen molar-refractivity contribution < 1.29 is 9.53 Å². The van der Waals surface area contributed by atoms with E-state index in [0.717, 1.165) is 18.5 Å². The summed E-state index contributed by atoms with van der Waals surface area (Å²) >= 11 is 1.65. The minimum absolute atomic E-state index is 0.0600. The molecule has 18 heavy (non-hydrogen) atoms. The van der Waals surface area contributed by atoms with Gasteiger partial charge in [0.1, 0.15) is 0 Å². The Hall–Kier alpha value is -0.910. The van der Waals surface area contributed by atoms with Crippen LogP contribution >= 0.6 is 11.3 Å². The Morgan fingerprint density at radius 3 is 3.17 bits per heavy atom. The van der Waals surface area contributed by atoms with Crippen LogP contribution in [0.25, 0.3) is 0 Å². The molecule has 1 aliphatic heterocycles. The van der Waals surface area contributed by atoms with Crippen molar-refractivity contribution in [1.29, 1.82) is 0 Å². The molecule has 2 heterocycles. The van der Waals surface area contributed by atoms with Crippen molar-refractivity contribution in [1.82, 2.24) is 10.6 Å². The molecule has 5 heteroatoms. The Bertz CT molecular complexity index is 367. The molecule has 2 rings (SSSR count). The zero-order valence-corrected chi connectivity index (χ0v) is 11.5. The summed E-state index contributed by atoms with van der Waals surface area (Å²) in [4.78, 5) is 12.1. The van der Waals surface area contributed by atoms with Crippen LogP contribution in [0.1, 0.15) is 18.9 Å². The monoisotopic (exact) mass is 268 g/mol. The molecule has 1 fully saturated rings. The summed E-state index contributed by atoms with van der Waals surface area (Å²) in [6, 6.07) is 2.19. The number of hydrogen-bond acceptors (Lipinski definition) is 4. The SMILES string of the molecule is CCCNC1COCC1C(=O)NCc1ccsc1. The largest absolute Gasteiger partial charge is 0.379 e. The van der Waals surface area contributed by atoms with Crippen molar-refractivity contribution in [2.75, 3.05) is 19.8 Å². The van der Waals surface area contributed by atoms with Crippen molar-refractivity contribution in [3.8, 4) is 0 Å². The molecule has 2 unspecified atom stereocenters. The van der Waals surface area contributed by atoms with Crippen LogP contribution in [0.4, 0.5) is 0 Å². The molecule has 1 saturated heterocycles. The van der Waals surface area contributed by atoms with Gasteiger partial charge < -0.3 is 15.4 Å². The van der Waals surface area contributed by atoms with E-state index in [9.17, 15) is 4.79 Å². The van der Waals surface area contributed by atoms with E-state index >= 15 is 0 Å². The molecule has 1 aromatic rings. The summed E-state index contributed by atoms with van der Waals surface area (Å²) in [7, 11) is 0. The topological polar surface area (TPSA) is 50.4 Å². The number of carbonyl (C=O) groups excluding carboxylic acids is 1. The minimum atomic E-state index is -0.0600. The van der Waals surface area contributed by atoms with Gasteiger partial charge in [0.2, 0.25) is 5.91 Å². The molecular weight excluding hydrogens is 248 g/mol. The fourth-order valence-corrected chi connectivity index (χ4v) is 2.73. The average molecular weight is 268 g/mol. The number of rotatable bonds is 6. The van der Waals surface area contributed by atoms with Gasteiger partial charge in [0, 0.05) is 12.6 Å². The van der Waals surface area contributed by atoms with Gasteiger partial charge in [-0.1, -0.05) is 6.92 Å². The van der Waals surface area contributed by atoms with Crippen LogP contribution in [-0.4, -0.2) is 31.7 Å². The Balaban J connectivity index is 1.80. The van der Waals surface area contributed by atoms with Gasteiger partial charge in [-0.2, -0.15) is 11.3 Å². The zero-order valence-electron chi connectivity index (χ0n) is 10.6. The van der Waals surface area contributed by atoms with Crippen molar-refractivity contribution in [2.45, 2.75) is 25.9 Å². The van der Waals surface area contributed by atoms with Crippen LogP contribution in [0.15, 0.2) is 16.8 Å². The third kappa shape index (κ3) is 3.54. The molecule has 0 aliphatic carbocycles. The lowest BCUT2D eigenvalue weighted by Crippen LogP contribution is -2.44. The molecule has 0 bridgehead atoms. The van der Waals surface area contributed by atoms with E-state index in [1.165, 1.54) is 0 Å². The van der Waals surface area contributed by atoms with Gasteiger partial charge in [0.25, 0.3) is 0 Å². The summed E-state index contributed by atoms with van der Waals surface area (Å²) < 4.78 is 5.40. The number of carbonyl (C=O) groups is 1. The standard InChI is InChI=1S/C13H20N2O2S/c1-2-4-14-12-8-17-7-11(12)13(16)15-6-10-3-5-18-9-10/h3,5,9,11-12,14H,2,4,6-8H2,1H3,(H,15,16). The predicted octanol–water partition coefficient (Wildman–Crippen LogP) is 1.38. The van der Waals surface area contributed by atoms with Crippen LogP contribution in [0, 0.1) is 5.92 Å². The molecule has 1 amide bonds. The fraction of sp³-hybridized carbons (Fsp3) is 0.615. The summed E-state index contributed by atoms with van der Waals surface area (Å²) in [6.07, 6.45) is 1.07. The fourth-order valence-electron chi connectivity index (χ4n) is 2.06. The van der Waals surface area contributed by atoms with Crippen LogP contribution in [0.5, 0.6) is 0 Å². The molecule has 0 spiro atoms. The smallest absolute Gasteiger partial charge is 0.227 e. The van der Waals surface area contributed by atoms with Gasteiger partial charge >= 0.3 is 0 Å². The summed E-state index contributed by atoms with van der Waals surface area (Å²) in [6.45, 7) is 4.82. The maximum absolute atomic E-state index is 12.1. The highest BCUT2D eigenvalue weighted by atomic mass is 32.1. The summed E-state index contributed by atoms with van der Waals surface area (Å²) in [5.74, 6) is 0.0301. The quantitative estimate of drug-likeness (QED) is 0.819. The lowest BCUT2D eigenvalue weighted by atomic mass is 10.0. The second kappa shape index (κ2) is 6.87. The molecule has 0 aromatic carbocycles. The van der Waals surface area contributed by atoms with E-state index in [1.54, 1.807) is 11.3 Å². The van der Waals surface area contributed by atoms with Crippen molar-refractivity contribution >= 4 is 17.2 Å². The number of ether oxygens (including phenoxy) is 1. The lowest BCUT2D eigenvalue weighted by Gasteiger charge is -2.18. The van der Waals surface area contributed by atoms with Crippen molar-refractivity contribution in [3.05, 3.63) is 22.4 Å². The maximum Gasteiger partial charge on any atom is 0.227 e. The summed E-state index contributed by atoms with van der Waals surface area (Å²) in [5.41, 5.74) is 1.16. The third-order valence-corrected chi connectivity index (χ3v) is 3.85. The van der Waals surface area contributed by atoms with Crippen LogP contribution in [-0.2, 0) is 16.1 Å². The Kier molecular flexibility index (Phi) is 5.16. The first-order valence-corrected chi connectivity index (χ1v) is 7.35. The van der Waals surface area contributed by atoms with Gasteiger partial charge in [-0.3, -0.25) is 4.79 Å². The van der Waals surface area contributed by atoms with Gasteiger partial charge in [-0.15, -0.1) is 0 Å². The maximum atomic E-state index is 12.1. The second-order valence-electron chi connectivity index (χ2n) is 4.55. The molecule has 1 aromatic heterocycles. The molecule has 0 saturated carbocycles. The molecule has 100 valence electrons. The summed E-state index contributed by atoms with van der Waals surface area (Å²) in [5, 5.41) is 10.4. The van der Waals surface area contributed by atoms with E-state index in [0.29, 0.717) is 19.8 Å². The normalized spacial score (nSPS) is 23.2. The number of hydrogen-bond donors (Lipinski definition) is 2. The van der Waals surface area contributed by atoms with Gasteiger partial charge in [0.05, 0.1) is 19.1 Å². The van der Waals surface area contributed by atoms with Crippen molar-refractivity contribution in [2.24, 2.45) is 5.92 Å². The number of thiophene rings is 1. The highest BCUT2D eigenvalue weighted by Gasteiger charge is 2.33. The molecule has 2 N–H and O–H groups in total. The van der Waals surface area contributed by atoms with Crippen LogP contribution < -0.4 is 10.6 Å². The van der Waals surface area contributed by atoms with Gasteiger partial charge in [0.15, 0.2) is 0 Å². The first kappa shape index (κ1) is 13.5. The van der Waals surface area contributed by atoms with E-state index in [2.05, 4.69) is 22.9 Å². The molecule has 4 nitrogen and oxygen atoms in total. The first-order chi connectivity index (χ1) is 8.81. The highest BCUT2D eigenvalue weighted by Crippen LogP contribution is 2.14. The first-order valence-electron chi connectivity index (χ1n) is 6.41. The van der Waals surface area contributed by atoms with E-state index in [4.69, 9.17) is 4.74 Å². The number of nitrogens with one attached hydrogen (secondary N) is 2. The lowest BCUT2D eigenvalue weighted by molar-refractivity contribution is -0.125. The molecule has 2 atom stereocenters. The minimum Gasteiger partial charge on any atom is -0.379 e. The highest BCUT2D eigenvalue weighted by molar-refractivity contribution is 7.07. The Morgan fingerprint density at radius 1 is 1.56 bits per heavy atom. The van der Waals surface area contributed by atoms with E-state index in [1.807, 2.05) is 11.4 Å². The molecule has 1 aliphatic rings. The third-order valence-electron chi connectivity index (χ3n) is 3.12. The Labute approximate surface area is 112 Å². The second-order valence-corrected chi connectivity index (χ2v) is 5.33. The van der Waals surface area contributed by atoms with Gasteiger partial charge in [-0.05, 0) is 35.4 Å². The van der Waals surface area contributed by atoms with Crippen LogP contribution in [0.3, 0.4) is 0 Å². The van der Waals surface area contributed by atoms with E-state index < -0.39 is 0 Å². The van der Waals surface area contributed by atoms with Crippen LogP contribution in [0.2, 0.25) is 0 Å². The zero-order chi connectivity index (χ0) is 12.8. The van der Waals surface area contributed by atoms with Crippen molar-refractivity contribution in [3.63, 3.8) is 0 Å². The average Bonchev–Trinajstić information content (AvgIpc) is 3.04. The molecule has 0 radical (unpaired) electrons. The Morgan fingerprint density at radius 2 is 2.44 bits per heavy atom. The van der Waals surface area contributed by atoms with E-state index in [-0.39, 0.29) is 17.9 Å². The van der Waals surface area contributed by atoms with Gasteiger partial charge in [-0.25, -0.2) is 0 Å². The number of amides is 1. The predicted molar refractivity (Wildman–Crippen MR) is 72.6 cm³/mol.